The van der Waals surface area contributed by atoms with Gasteiger partial charge in [0.05, 0.1) is 12.3 Å². The van der Waals surface area contributed by atoms with E-state index in [4.69, 9.17) is 10.5 Å². The second-order valence-electron chi connectivity index (χ2n) is 5.81. The van der Waals surface area contributed by atoms with Crippen LogP contribution in [-0.2, 0) is 6.42 Å². The largest absolute Gasteiger partial charge is 0.491 e. The van der Waals surface area contributed by atoms with Crippen molar-refractivity contribution in [1.82, 2.24) is 4.90 Å². The summed E-state index contributed by atoms with van der Waals surface area (Å²) in [4.78, 5) is 2.57. The van der Waals surface area contributed by atoms with Gasteiger partial charge in [-0.1, -0.05) is 26.8 Å². The summed E-state index contributed by atoms with van der Waals surface area (Å²) in [6.07, 6.45) is 4.45. The van der Waals surface area contributed by atoms with E-state index in [0.717, 1.165) is 30.9 Å². The fourth-order valence-electron chi connectivity index (χ4n) is 2.67. The number of ether oxygens (including phenoxy) is 1. The second-order valence-corrected chi connectivity index (χ2v) is 5.81. The molecule has 0 aliphatic carbocycles. The second kappa shape index (κ2) is 9.67. The molecule has 1 aromatic rings. The zero-order chi connectivity index (χ0) is 15.7. The van der Waals surface area contributed by atoms with E-state index in [2.05, 4.69) is 44.7 Å². The van der Waals surface area contributed by atoms with Gasteiger partial charge in [-0.3, -0.25) is 0 Å². The molecular formula is C18H32N2O. The molecule has 1 aromatic carbocycles. The molecular weight excluding hydrogens is 260 g/mol. The van der Waals surface area contributed by atoms with Crippen molar-refractivity contribution in [1.29, 1.82) is 0 Å². The van der Waals surface area contributed by atoms with Crippen molar-refractivity contribution >= 4 is 5.69 Å². The molecule has 0 saturated carbocycles. The highest BCUT2D eigenvalue weighted by Crippen LogP contribution is 2.24. The zero-order valence-corrected chi connectivity index (χ0v) is 14.2. The lowest BCUT2D eigenvalue weighted by atomic mass is 10.0. The Morgan fingerprint density at radius 3 is 2.29 bits per heavy atom. The monoisotopic (exact) mass is 292 g/mol. The molecule has 120 valence electrons. The van der Waals surface area contributed by atoms with E-state index in [1.54, 1.807) is 0 Å². The predicted octanol–water partition coefficient (Wildman–Crippen LogP) is 4.11. The molecule has 3 heteroatoms. The van der Waals surface area contributed by atoms with Gasteiger partial charge < -0.3 is 15.4 Å². The minimum Gasteiger partial charge on any atom is -0.491 e. The summed E-state index contributed by atoms with van der Waals surface area (Å²) >= 11 is 0. The van der Waals surface area contributed by atoms with Crippen LogP contribution >= 0.6 is 0 Å². The zero-order valence-electron chi connectivity index (χ0n) is 14.2. The van der Waals surface area contributed by atoms with Crippen LogP contribution in [0.3, 0.4) is 0 Å². The average Bonchev–Trinajstić information content (AvgIpc) is 2.46. The van der Waals surface area contributed by atoms with Gasteiger partial charge in [-0.05, 0) is 63.4 Å². The van der Waals surface area contributed by atoms with Gasteiger partial charge in [0.1, 0.15) is 5.75 Å². The summed E-state index contributed by atoms with van der Waals surface area (Å²) < 4.78 is 5.64. The topological polar surface area (TPSA) is 38.5 Å². The number of hydrogen-bond acceptors (Lipinski definition) is 3. The highest BCUT2D eigenvalue weighted by Gasteiger charge is 2.13. The van der Waals surface area contributed by atoms with Crippen molar-refractivity contribution in [2.45, 2.75) is 59.4 Å². The molecule has 1 atom stereocenters. The van der Waals surface area contributed by atoms with Crippen molar-refractivity contribution in [3.05, 3.63) is 23.8 Å². The molecule has 21 heavy (non-hydrogen) atoms. The molecule has 0 aliphatic rings. The molecule has 0 heterocycles. The molecule has 2 N–H and O–H groups in total. The summed E-state index contributed by atoms with van der Waals surface area (Å²) in [7, 11) is 0. The number of hydrogen-bond donors (Lipinski definition) is 1. The number of nitrogens with zero attached hydrogens (tertiary/aromatic N) is 1. The van der Waals surface area contributed by atoms with Crippen molar-refractivity contribution in [3.8, 4) is 5.75 Å². The highest BCUT2D eigenvalue weighted by atomic mass is 16.5. The summed E-state index contributed by atoms with van der Waals surface area (Å²) in [6.45, 7) is 12.0. The standard InChI is InChI=1S/C18H32N2O/c1-5-10-20(11-6-2)15(4)13-16-8-9-18(17(19)14-16)21-12-7-3/h8-9,14-15H,5-7,10-13,19H2,1-4H3. The molecule has 0 aromatic heterocycles. The molecule has 0 saturated heterocycles. The fraction of sp³-hybridized carbons (Fsp3) is 0.667. The van der Waals surface area contributed by atoms with Gasteiger partial charge in [-0.25, -0.2) is 0 Å². The Labute approximate surface area is 130 Å². The smallest absolute Gasteiger partial charge is 0.142 e. The van der Waals surface area contributed by atoms with Crippen LogP contribution in [0.25, 0.3) is 0 Å². The lowest BCUT2D eigenvalue weighted by Gasteiger charge is -2.28. The van der Waals surface area contributed by atoms with Crippen LogP contribution in [0, 0.1) is 0 Å². The van der Waals surface area contributed by atoms with Crippen LogP contribution < -0.4 is 10.5 Å². The molecule has 0 aliphatic heterocycles. The van der Waals surface area contributed by atoms with Crippen LogP contribution in [0.5, 0.6) is 5.75 Å². The van der Waals surface area contributed by atoms with Gasteiger partial charge in [0.2, 0.25) is 0 Å². The number of nitrogens with two attached hydrogens (primary N) is 1. The summed E-state index contributed by atoms with van der Waals surface area (Å²) in [5, 5.41) is 0. The highest BCUT2D eigenvalue weighted by molar-refractivity contribution is 5.54. The summed E-state index contributed by atoms with van der Waals surface area (Å²) in [5.74, 6) is 0.812. The molecule has 0 radical (unpaired) electrons. The van der Waals surface area contributed by atoms with E-state index in [1.165, 1.54) is 31.5 Å². The third-order valence-corrected chi connectivity index (χ3v) is 3.71. The summed E-state index contributed by atoms with van der Waals surface area (Å²) in [5.41, 5.74) is 8.14. The minimum atomic E-state index is 0.548. The SMILES string of the molecule is CCCOc1ccc(CC(C)N(CCC)CCC)cc1N. The van der Waals surface area contributed by atoms with E-state index in [9.17, 15) is 0 Å². The van der Waals surface area contributed by atoms with Crippen molar-refractivity contribution in [2.75, 3.05) is 25.4 Å². The normalized spacial score (nSPS) is 12.6. The Morgan fingerprint density at radius 2 is 1.76 bits per heavy atom. The van der Waals surface area contributed by atoms with Gasteiger partial charge in [-0.15, -0.1) is 0 Å². The Bertz CT molecular complexity index is 400. The van der Waals surface area contributed by atoms with Crippen LogP contribution in [0.15, 0.2) is 18.2 Å². The lowest BCUT2D eigenvalue weighted by molar-refractivity contribution is 0.208. The van der Waals surface area contributed by atoms with Crippen LogP contribution in [0.1, 0.15) is 52.5 Å². The first-order valence-corrected chi connectivity index (χ1v) is 8.37. The van der Waals surface area contributed by atoms with Crippen molar-refractivity contribution in [2.24, 2.45) is 0 Å². The first-order valence-electron chi connectivity index (χ1n) is 8.37. The predicted molar refractivity (Wildman–Crippen MR) is 92.0 cm³/mol. The lowest BCUT2D eigenvalue weighted by Crippen LogP contribution is -2.35. The van der Waals surface area contributed by atoms with Gasteiger partial charge in [-0.2, -0.15) is 0 Å². The van der Waals surface area contributed by atoms with Gasteiger partial charge in [0, 0.05) is 6.04 Å². The maximum atomic E-state index is 6.09. The number of nitrogen functional groups attached to an aromatic ring is 1. The molecule has 3 nitrogen and oxygen atoms in total. The molecule has 0 fully saturated rings. The maximum absolute atomic E-state index is 6.09. The van der Waals surface area contributed by atoms with Crippen LogP contribution in [0.4, 0.5) is 5.69 Å². The third-order valence-electron chi connectivity index (χ3n) is 3.71. The Kier molecular flexibility index (Phi) is 8.21. The van der Waals surface area contributed by atoms with Crippen molar-refractivity contribution in [3.63, 3.8) is 0 Å². The van der Waals surface area contributed by atoms with Crippen LogP contribution in [0.2, 0.25) is 0 Å². The first-order chi connectivity index (χ1) is 10.1. The quantitative estimate of drug-likeness (QED) is 0.660. The fourth-order valence-corrected chi connectivity index (χ4v) is 2.67. The Balaban J connectivity index is 2.66. The van der Waals surface area contributed by atoms with Gasteiger partial charge >= 0.3 is 0 Å². The number of anilines is 1. The first kappa shape index (κ1) is 17.8. The Hall–Kier alpha value is -1.22. The molecule has 0 spiro atoms. The molecule has 1 unspecified atom stereocenters. The number of rotatable bonds is 10. The molecule has 0 bridgehead atoms. The van der Waals surface area contributed by atoms with Crippen molar-refractivity contribution < 1.29 is 4.74 Å². The van der Waals surface area contributed by atoms with E-state index in [1.807, 2.05) is 6.07 Å². The van der Waals surface area contributed by atoms with E-state index >= 15 is 0 Å². The third kappa shape index (κ3) is 5.96. The van der Waals surface area contributed by atoms with Gasteiger partial charge in [0.25, 0.3) is 0 Å². The van der Waals surface area contributed by atoms with E-state index < -0.39 is 0 Å². The number of benzene rings is 1. The Morgan fingerprint density at radius 1 is 1.10 bits per heavy atom. The summed E-state index contributed by atoms with van der Waals surface area (Å²) in [6, 6.07) is 6.77. The average molecular weight is 292 g/mol. The van der Waals surface area contributed by atoms with Crippen LogP contribution in [-0.4, -0.2) is 30.6 Å². The maximum Gasteiger partial charge on any atom is 0.142 e. The van der Waals surface area contributed by atoms with Gasteiger partial charge in [0.15, 0.2) is 0 Å². The molecule has 0 amide bonds. The molecule has 1 rings (SSSR count). The van der Waals surface area contributed by atoms with E-state index in [-0.39, 0.29) is 0 Å². The minimum absolute atomic E-state index is 0.548. The van der Waals surface area contributed by atoms with E-state index in [0.29, 0.717) is 6.04 Å².